The second-order valence-corrected chi connectivity index (χ2v) is 6.18. The van der Waals surface area contributed by atoms with E-state index in [0.29, 0.717) is 0 Å². The van der Waals surface area contributed by atoms with Crippen molar-refractivity contribution >= 4 is 11.3 Å². The molecule has 1 heterocycles. The van der Waals surface area contributed by atoms with Crippen molar-refractivity contribution in [3.05, 3.63) is 10.0 Å². The fraction of sp³-hybridized carbons (Fsp3) is 0.846. The van der Waals surface area contributed by atoms with Crippen LogP contribution < -0.4 is 5.32 Å². The zero-order valence-electron chi connectivity index (χ0n) is 11.5. The van der Waals surface area contributed by atoms with Gasteiger partial charge in [-0.15, -0.1) is 10.2 Å². The highest BCUT2D eigenvalue weighted by molar-refractivity contribution is 7.11. The van der Waals surface area contributed by atoms with Crippen LogP contribution in [0.2, 0.25) is 0 Å². The topological polar surface area (TPSA) is 47.0 Å². The Morgan fingerprint density at radius 1 is 1.44 bits per heavy atom. The highest BCUT2D eigenvalue weighted by atomic mass is 32.1. The molecule has 1 fully saturated rings. The van der Waals surface area contributed by atoms with Crippen molar-refractivity contribution in [1.82, 2.24) is 15.5 Å². The van der Waals surface area contributed by atoms with Gasteiger partial charge in [-0.05, 0) is 39.2 Å². The lowest BCUT2D eigenvalue weighted by Crippen LogP contribution is -2.22. The number of aryl methyl sites for hydroxylation is 1. The van der Waals surface area contributed by atoms with Gasteiger partial charge in [-0.1, -0.05) is 18.3 Å². The Morgan fingerprint density at radius 2 is 2.22 bits per heavy atom. The minimum Gasteiger partial charge on any atom is -0.371 e. The minimum absolute atomic E-state index is 0.276. The number of ether oxygens (including phenoxy) is 1. The van der Waals surface area contributed by atoms with Gasteiger partial charge >= 0.3 is 0 Å². The summed E-state index contributed by atoms with van der Waals surface area (Å²) >= 11 is 1.69. The number of aromatic nitrogens is 2. The van der Waals surface area contributed by atoms with Gasteiger partial charge in [0.05, 0.1) is 0 Å². The third-order valence-corrected chi connectivity index (χ3v) is 4.85. The number of hydrogen-bond acceptors (Lipinski definition) is 5. The highest BCUT2D eigenvalue weighted by Gasteiger charge is 2.28. The van der Waals surface area contributed by atoms with Crippen LogP contribution in [0.1, 0.15) is 49.5 Å². The van der Waals surface area contributed by atoms with Gasteiger partial charge in [-0.3, -0.25) is 0 Å². The molecule has 1 N–H and O–H groups in total. The smallest absolute Gasteiger partial charge is 0.149 e. The van der Waals surface area contributed by atoms with E-state index in [1.54, 1.807) is 18.4 Å². The molecular weight excluding hydrogens is 246 g/mol. The quantitative estimate of drug-likeness (QED) is 0.737. The lowest BCUT2D eigenvalue weighted by atomic mass is 10.1. The zero-order chi connectivity index (χ0) is 13.0. The predicted molar refractivity (Wildman–Crippen MR) is 73.9 cm³/mol. The maximum Gasteiger partial charge on any atom is 0.149 e. The third kappa shape index (κ3) is 3.49. The minimum atomic E-state index is -0.276. The molecule has 0 bridgehead atoms. The first kappa shape index (κ1) is 13.9. The Hall–Kier alpha value is -0.520. The van der Waals surface area contributed by atoms with E-state index in [2.05, 4.69) is 29.4 Å². The van der Waals surface area contributed by atoms with Gasteiger partial charge in [0.25, 0.3) is 0 Å². The van der Waals surface area contributed by atoms with Gasteiger partial charge in [0.1, 0.15) is 15.6 Å². The Kier molecular flexibility index (Phi) is 4.70. The molecule has 102 valence electrons. The van der Waals surface area contributed by atoms with Crippen LogP contribution in [-0.4, -0.2) is 29.9 Å². The van der Waals surface area contributed by atoms with Crippen molar-refractivity contribution in [1.29, 1.82) is 0 Å². The van der Waals surface area contributed by atoms with Crippen LogP contribution >= 0.6 is 11.3 Å². The summed E-state index contributed by atoms with van der Waals surface area (Å²) in [5.74, 6) is 0. The molecule has 2 rings (SSSR count). The molecule has 1 aliphatic rings. The molecule has 4 nitrogen and oxygen atoms in total. The molecule has 5 heteroatoms. The molecule has 0 aromatic carbocycles. The molecule has 0 saturated heterocycles. The van der Waals surface area contributed by atoms with Crippen molar-refractivity contribution in [3.63, 3.8) is 0 Å². The number of nitrogens with zero attached hydrogens (tertiary/aromatic N) is 2. The standard InChI is InChI=1S/C13H23N3OS/c1-4-13(2,17-3)12-16-15-11(18-12)6-5-9-14-10-7-8-10/h10,14H,4-9H2,1-3H3. The second-order valence-electron chi connectivity index (χ2n) is 5.12. The van der Waals surface area contributed by atoms with E-state index < -0.39 is 0 Å². The molecular formula is C13H23N3OS. The van der Waals surface area contributed by atoms with Gasteiger partial charge in [0.15, 0.2) is 0 Å². The number of rotatable bonds is 8. The van der Waals surface area contributed by atoms with Gasteiger partial charge < -0.3 is 10.1 Å². The summed E-state index contributed by atoms with van der Waals surface area (Å²) in [6, 6.07) is 0.798. The molecule has 1 atom stereocenters. The van der Waals surface area contributed by atoms with Crippen molar-refractivity contribution in [3.8, 4) is 0 Å². The largest absolute Gasteiger partial charge is 0.371 e. The third-order valence-electron chi connectivity index (χ3n) is 3.62. The van der Waals surface area contributed by atoms with Crippen molar-refractivity contribution in [2.45, 2.75) is 57.6 Å². The molecule has 0 spiro atoms. The van der Waals surface area contributed by atoms with E-state index in [9.17, 15) is 0 Å². The Morgan fingerprint density at radius 3 is 2.83 bits per heavy atom. The first-order chi connectivity index (χ1) is 8.68. The highest BCUT2D eigenvalue weighted by Crippen LogP contribution is 2.30. The number of nitrogens with one attached hydrogen (secondary N) is 1. The van der Waals surface area contributed by atoms with Crippen LogP contribution in [0.4, 0.5) is 0 Å². The van der Waals surface area contributed by atoms with E-state index in [-0.39, 0.29) is 5.60 Å². The Bertz CT molecular complexity index is 372. The van der Waals surface area contributed by atoms with Gasteiger partial charge in [0, 0.05) is 19.6 Å². The molecule has 1 unspecified atom stereocenters. The first-order valence-electron chi connectivity index (χ1n) is 6.79. The fourth-order valence-corrected chi connectivity index (χ4v) is 2.86. The van der Waals surface area contributed by atoms with Gasteiger partial charge in [0.2, 0.25) is 0 Å². The van der Waals surface area contributed by atoms with E-state index in [0.717, 1.165) is 41.9 Å². The van der Waals surface area contributed by atoms with Gasteiger partial charge in [-0.25, -0.2) is 0 Å². The van der Waals surface area contributed by atoms with E-state index in [1.807, 2.05) is 0 Å². The molecule has 1 saturated carbocycles. The van der Waals surface area contributed by atoms with Crippen LogP contribution in [0.25, 0.3) is 0 Å². The summed E-state index contributed by atoms with van der Waals surface area (Å²) in [4.78, 5) is 0. The summed E-state index contributed by atoms with van der Waals surface area (Å²) in [5.41, 5.74) is -0.276. The van der Waals surface area contributed by atoms with Crippen molar-refractivity contribution < 1.29 is 4.74 Å². The van der Waals surface area contributed by atoms with Crippen molar-refractivity contribution in [2.75, 3.05) is 13.7 Å². The summed E-state index contributed by atoms with van der Waals surface area (Å²) in [6.45, 7) is 5.28. The summed E-state index contributed by atoms with van der Waals surface area (Å²) in [6.07, 6.45) is 5.78. The summed E-state index contributed by atoms with van der Waals surface area (Å²) in [7, 11) is 1.74. The molecule has 1 aromatic heterocycles. The van der Waals surface area contributed by atoms with Crippen LogP contribution in [0, 0.1) is 0 Å². The average Bonchev–Trinajstić information content (AvgIpc) is 3.10. The lowest BCUT2D eigenvalue weighted by Gasteiger charge is -2.22. The SMILES string of the molecule is CCC(C)(OC)c1nnc(CCCNC2CC2)s1. The van der Waals surface area contributed by atoms with E-state index in [1.165, 1.54) is 12.8 Å². The van der Waals surface area contributed by atoms with E-state index >= 15 is 0 Å². The van der Waals surface area contributed by atoms with E-state index in [4.69, 9.17) is 4.74 Å². The normalized spacial score (nSPS) is 18.8. The summed E-state index contributed by atoms with van der Waals surface area (Å²) < 4.78 is 5.55. The Balaban J connectivity index is 1.80. The zero-order valence-corrected chi connectivity index (χ0v) is 12.3. The fourth-order valence-electron chi connectivity index (χ4n) is 1.78. The maximum absolute atomic E-state index is 5.55. The van der Waals surface area contributed by atoms with Crippen LogP contribution in [0.5, 0.6) is 0 Å². The van der Waals surface area contributed by atoms with Crippen molar-refractivity contribution in [2.24, 2.45) is 0 Å². The second kappa shape index (κ2) is 6.08. The number of hydrogen-bond donors (Lipinski definition) is 1. The number of methoxy groups -OCH3 is 1. The Labute approximate surface area is 113 Å². The molecule has 0 aliphatic heterocycles. The molecule has 0 amide bonds. The van der Waals surface area contributed by atoms with Gasteiger partial charge in [-0.2, -0.15) is 0 Å². The first-order valence-corrected chi connectivity index (χ1v) is 7.61. The average molecular weight is 269 g/mol. The molecule has 18 heavy (non-hydrogen) atoms. The lowest BCUT2D eigenvalue weighted by molar-refractivity contribution is -0.00207. The molecule has 0 radical (unpaired) electrons. The van der Waals surface area contributed by atoms with Crippen LogP contribution in [-0.2, 0) is 16.8 Å². The maximum atomic E-state index is 5.55. The van der Waals surface area contributed by atoms with Crippen LogP contribution in [0.15, 0.2) is 0 Å². The summed E-state index contributed by atoms with van der Waals surface area (Å²) in [5, 5.41) is 14.2. The monoisotopic (exact) mass is 269 g/mol. The molecule has 1 aliphatic carbocycles. The van der Waals surface area contributed by atoms with Crippen LogP contribution in [0.3, 0.4) is 0 Å². The molecule has 1 aromatic rings. The predicted octanol–water partition coefficient (Wildman–Crippen LogP) is 2.49.